The van der Waals surface area contributed by atoms with E-state index in [9.17, 15) is 4.79 Å². The van der Waals surface area contributed by atoms with Crippen LogP contribution < -0.4 is 10.1 Å². The number of rotatable bonds is 3. The zero-order chi connectivity index (χ0) is 15.6. The lowest BCUT2D eigenvalue weighted by atomic mass is 9.86. The molecule has 116 valence electrons. The Morgan fingerprint density at radius 2 is 2.05 bits per heavy atom. The Morgan fingerprint density at radius 1 is 1.33 bits per heavy atom. The van der Waals surface area contributed by atoms with Crippen LogP contribution >= 0.6 is 0 Å². The van der Waals surface area contributed by atoms with Crippen molar-refractivity contribution in [3.05, 3.63) is 29.3 Å². The summed E-state index contributed by atoms with van der Waals surface area (Å²) in [6.07, 6.45) is 3.06. The van der Waals surface area contributed by atoms with Crippen molar-refractivity contribution in [2.24, 2.45) is 5.41 Å². The molecule has 1 aromatic carbocycles. The maximum Gasteiger partial charge on any atom is 0.251 e. The first-order chi connectivity index (χ1) is 9.74. The van der Waals surface area contributed by atoms with E-state index in [1.165, 1.54) is 0 Å². The number of ether oxygens (including phenoxy) is 1. The van der Waals surface area contributed by atoms with Gasteiger partial charge in [0, 0.05) is 11.6 Å². The normalized spacial score (nSPS) is 19.0. The molecular weight excluding hydrogens is 262 g/mol. The van der Waals surface area contributed by atoms with Gasteiger partial charge in [-0.25, -0.2) is 0 Å². The van der Waals surface area contributed by atoms with Gasteiger partial charge in [0.15, 0.2) is 0 Å². The number of aryl methyl sites for hydroxylation is 1. The number of hydrogen-bond donors (Lipinski definition) is 1. The fourth-order valence-electron chi connectivity index (χ4n) is 2.89. The summed E-state index contributed by atoms with van der Waals surface area (Å²) in [5, 5.41) is 3.18. The van der Waals surface area contributed by atoms with E-state index in [1.807, 2.05) is 32.0 Å². The zero-order valence-electron chi connectivity index (χ0n) is 13.8. The lowest BCUT2D eigenvalue weighted by molar-refractivity contribution is 0.0929. The fraction of sp³-hybridized carbons (Fsp3) is 0.611. The highest BCUT2D eigenvalue weighted by atomic mass is 16.5. The van der Waals surface area contributed by atoms with E-state index < -0.39 is 0 Å². The van der Waals surface area contributed by atoms with E-state index in [0.29, 0.717) is 0 Å². The van der Waals surface area contributed by atoms with Crippen molar-refractivity contribution in [2.75, 3.05) is 0 Å². The van der Waals surface area contributed by atoms with Crippen LogP contribution in [0.25, 0.3) is 0 Å². The van der Waals surface area contributed by atoms with Crippen LogP contribution in [0.5, 0.6) is 5.75 Å². The average Bonchev–Trinajstić information content (AvgIpc) is 2.47. The number of nitrogens with one attached hydrogen (secondary N) is 1. The van der Waals surface area contributed by atoms with Crippen LogP contribution in [0.3, 0.4) is 0 Å². The van der Waals surface area contributed by atoms with E-state index in [1.54, 1.807) is 0 Å². The molecule has 0 radical (unpaired) electrons. The molecule has 3 heteroatoms. The molecular formula is C18H27NO2. The van der Waals surface area contributed by atoms with Gasteiger partial charge in [0.05, 0.1) is 6.10 Å². The topological polar surface area (TPSA) is 38.3 Å². The van der Waals surface area contributed by atoms with Gasteiger partial charge in [-0.1, -0.05) is 26.8 Å². The van der Waals surface area contributed by atoms with Gasteiger partial charge in [-0.15, -0.1) is 0 Å². The Kier molecular flexibility index (Phi) is 4.60. The summed E-state index contributed by atoms with van der Waals surface area (Å²) in [4.78, 5) is 12.5. The molecule has 1 unspecified atom stereocenters. The molecule has 0 spiro atoms. The summed E-state index contributed by atoms with van der Waals surface area (Å²) in [5.74, 6) is 0.805. The summed E-state index contributed by atoms with van der Waals surface area (Å²) in [5.41, 5.74) is 2.12. The first-order valence-corrected chi connectivity index (χ1v) is 7.85. The van der Waals surface area contributed by atoms with Gasteiger partial charge in [-0.05, 0) is 56.2 Å². The quantitative estimate of drug-likeness (QED) is 0.915. The van der Waals surface area contributed by atoms with E-state index in [4.69, 9.17) is 4.74 Å². The molecule has 0 aliphatic carbocycles. The van der Waals surface area contributed by atoms with E-state index in [-0.39, 0.29) is 23.5 Å². The first-order valence-electron chi connectivity index (χ1n) is 7.85. The number of hydrogen-bond acceptors (Lipinski definition) is 2. The van der Waals surface area contributed by atoms with E-state index in [2.05, 4.69) is 26.1 Å². The van der Waals surface area contributed by atoms with Gasteiger partial charge < -0.3 is 10.1 Å². The molecule has 1 heterocycles. The summed E-state index contributed by atoms with van der Waals surface area (Å²) in [6, 6.07) is 6.13. The second kappa shape index (κ2) is 6.08. The van der Waals surface area contributed by atoms with E-state index in [0.717, 1.165) is 36.1 Å². The summed E-state index contributed by atoms with van der Waals surface area (Å²) in [7, 11) is 0. The number of benzene rings is 1. The fourth-order valence-corrected chi connectivity index (χ4v) is 2.89. The SMILES string of the molecule is CC(C)Oc1ccc2c(c1)C(=O)NC(CC(C)(C)C)CC2. The van der Waals surface area contributed by atoms with Crippen LogP contribution in [0, 0.1) is 5.41 Å². The standard InChI is InChI=1S/C18H27NO2/c1-12(2)21-15-9-7-13-6-8-14(11-18(3,4)5)19-17(20)16(13)10-15/h7,9-10,12,14H,6,8,11H2,1-5H3,(H,19,20). The largest absolute Gasteiger partial charge is 0.491 e. The van der Waals surface area contributed by atoms with Crippen molar-refractivity contribution in [3.8, 4) is 5.75 Å². The third kappa shape index (κ3) is 4.48. The van der Waals surface area contributed by atoms with Gasteiger partial charge in [-0.2, -0.15) is 0 Å². The van der Waals surface area contributed by atoms with Crippen LogP contribution in [0.4, 0.5) is 0 Å². The van der Waals surface area contributed by atoms with Crippen LogP contribution in [0.2, 0.25) is 0 Å². The molecule has 1 aliphatic rings. The zero-order valence-corrected chi connectivity index (χ0v) is 13.8. The van der Waals surface area contributed by atoms with Crippen molar-refractivity contribution < 1.29 is 9.53 Å². The highest BCUT2D eigenvalue weighted by Crippen LogP contribution is 2.27. The minimum atomic E-state index is 0.0333. The minimum Gasteiger partial charge on any atom is -0.491 e. The van der Waals surface area contributed by atoms with Gasteiger partial charge >= 0.3 is 0 Å². The molecule has 3 nitrogen and oxygen atoms in total. The monoisotopic (exact) mass is 289 g/mol. The molecule has 1 atom stereocenters. The summed E-state index contributed by atoms with van der Waals surface area (Å²) >= 11 is 0. The third-order valence-electron chi connectivity index (χ3n) is 3.65. The Balaban J connectivity index is 2.18. The lowest BCUT2D eigenvalue weighted by Crippen LogP contribution is -2.36. The first kappa shape index (κ1) is 15.9. The minimum absolute atomic E-state index is 0.0333. The molecule has 0 fully saturated rings. The van der Waals surface area contributed by atoms with Crippen LogP contribution in [0.15, 0.2) is 18.2 Å². The van der Waals surface area contributed by atoms with Crippen molar-refractivity contribution in [3.63, 3.8) is 0 Å². The molecule has 0 saturated heterocycles. The summed E-state index contributed by atoms with van der Waals surface area (Å²) < 4.78 is 5.70. The number of fused-ring (bicyclic) bond motifs is 1. The van der Waals surface area contributed by atoms with Crippen LogP contribution in [-0.2, 0) is 6.42 Å². The van der Waals surface area contributed by atoms with Crippen molar-refractivity contribution in [2.45, 2.75) is 66.0 Å². The molecule has 1 aliphatic heterocycles. The molecule has 1 N–H and O–H groups in total. The van der Waals surface area contributed by atoms with Gasteiger partial charge in [0.2, 0.25) is 0 Å². The lowest BCUT2D eigenvalue weighted by Gasteiger charge is -2.25. The highest BCUT2D eigenvalue weighted by Gasteiger charge is 2.25. The van der Waals surface area contributed by atoms with Crippen LogP contribution in [-0.4, -0.2) is 18.1 Å². The Morgan fingerprint density at radius 3 is 2.67 bits per heavy atom. The van der Waals surface area contributed by atoms with Gasteiger partial charge in [-0.3, -0.25) is 4.79 Å². The van der Waals surface area contributed by atoms with Crippen molar-refractivity contribution >= 4 is 5.91 Å². The van der Waals surface area contributed by atoms with Crippen LogP contribution in [0.1, 0.15) is 63.4 Å². The molecule has 2 rings (SSSR count). The second-order valence-electron chi connectivity index (χ2n) is 7.46. The number of carbonyl (C=O) groups is 1. The Bertz CT molecular complexity index is 514. The maximum atomic E-state index is 12.5. The number of amides is 1. The van der Waals surface area contributed by atoms with Crippen molar-refractivity contribution in [1.29, 1.82) is 0 Å². The molecule has 1 amide bonds. The second-order valence-corrected chi connectivity index (χ2v) is 7.46. The average molecular weight is 289 g/mol. The predicted molar refractivity (Wildman–Crippen MR) is 85.9 cm³/mol. The third-order valence-corrected chi connectivity index (χ3v) is 3.65. The van der Waals surface area contributed by atoms with Crippen molar-refractivity contribution in [1.82, 2.24) is 5.32 Å². The highest BCUT2D eigenvalue weighted by molar-refractivity contribution is 5.96. The Hall–Kier alpha value is -1.51. The molecule has 0 bridgehead atoms. The summed E-state index contributed by atoms with van der Waals surface area (Å²) in [6.45, 7) is 10.6. The number of carbonyl (C=O) groups excluding carboxylic acids is 1. The Labute approximate surface area is 128 Å². The van der Waals surface area contributed by atoms with Gasteiger partial charge in [0.25, 0.3) is 5.91 Å². The maximum absolute atomic E-state index is 12.5. The molecule has 21 heavy (non-hydrogen) atoms. The van der Waals surface area contributed by atoms with Gasteiger partial charge in [0.1, 0.15) is 5.75 Å². The predicted octanol–water partition coefficient (Wildman–Crippen LogP) is 3.95. The molecule has 0 saturated carbocycles. The smallest absolute Gasteiger partial charge is 0.251 e. The molecule has 1 aromatic rings. The van der Waals surface area contributed by atoms with E-state index >= 15 is 0 Å². The molecule has 0 aromatic heterocycles.